The van der Waals surface area contributed by atoms with Gasteiger partial charge in [-0.05, 0) is 31.2 Å². The zero-order valence-electron chi connectivity index (χ0n) is 10.5. The summed E-state index contributed by atoms with van der Waals surface area (Å²) in [6.45, 7) is 1.59. The van der Waals surface area contributed by atoms with E-state index in [0.717, 1.165) is 23.1 Å². The van der Waals surface area contributed by atoms with Crippen LogP contribution in [0.5, 0.6) is 5.75 Å². The molecule has 0 aliphatic rings. The number of carboxylic acid groups (broad SMARTS) is 1. The normalized spacial score (nSPS) is 12.1. The van der Waals surface area contributed by atoms with Crippen LogP contribution in [-0.2, 0) is 4.79 Å². The van der Waals surface area contributed by atoms with Crippen molar-refractivity contribution in [1.82, 2.24) is 15.2 Å². The van der Waals surface area contributed by atoms with Crippen molar-refractivity contribution in [1.29, 1.82) is 0 Å². The molecule has 0 saturated carbocycles. The number of thioether (sulfide) groups is 1. The fourth-order valence-corrected chi connectivity index (χ4v) is 2.05. The number of nitrogens with one attached hydrogen (secondary N) is 1. The van der Waals surface area contributed by atoms with E-state index >= 15 is 0 Å². The third-order valence-electron chi connectivity index (χ3n) is 2.46. The summed E-state index contributed by atoms with van der Waals surface area (Å²) >= 11 is 1.10. The third-order valence-corrected chi connectivity index (χ3v) is 3.41. The van der Waals surface area contributed by atoms with Crippen molar-refractivity contribution in [3.05, 3.63) is 24.3 Å². The molecule has 0 unspecified atom stereocenters. The van der Waals surface area contributed by atoms with E-state index in [1.54, 1.807) is 14.0 Å². The number of carbonyl (C=O) groups is 1. The number of hydrogen-bond donors (Lipinski definition) is 2. The number of nitrogens with zero attached hydrogens (tertiary/aromatic N) is 2. The van der Waals surface area contributed by atoms with Gasteiger partial charge in [-0.2, -0.15) is 0 Å². The summed E-state index contributed by atoms with van der Waals surface area (Å²) in [7, 11) is 1.60. The number of aromatic nitrogens is 3. The molecule has 0 spiro atoms. The highest BCUT2D eigenvalue weighted by atomic mass is 32.2. The Balaban J connectivity index is 2.13. The second-order valence-corrected chi connectivity index (χ2v) is 5.10. The van der Waals surface area contributed by atoms with Gasteiger partial charge in [0.15, 0.2) is 5.82 Å². The topological polar surface area (TPSA) is 88.1 Å². The van der Waals surface area contributed by atoms with E-state index in [2.05, 4.69) is 15.2 Å². The summed E-state index contributed by atoms with van der Waals surface area (Å²) in [5.74, 6) is 0.473. The monoisotopic (exact) mass is 279 g/mol. The van der Waals surface area contributed by atoms with Crippen molar-refractivity contribution in [2.24, 2.45) is 0 Å². The van der Waals surface area contributed by atoms with E-state index in [0.29, 0.717) is 11.0 Å². The molecule has 0 amide bonds. The average molecular weight is 279 g/mol. The lowest BCUT2D eigenvalue weighted by Gasteiger charge is -2.01. The summed E-state index contributed by atoms with van der Waals surface area (Å²) in [4.78, 5) is 15.0. The minimum atomic E-state index is -0.888. The van der Waals surface area contributed by atoms with Crippen LogP contribution in [0.15, 0.2) is 29.4 Å². The van der Waals surface area contributed by atoms with Crippen molar-refractivity contribution in [2.45, 2.75) is 17.3 Å². The Kier molecular flexibility index (Phi) is 4.06. The van der Waals surface area contributed by atoms with Gasteiger partial charge in [-0.1, -0.05) is 11.8 Å². The molecule has 1 heterocycles. The second kappa shape index (κ2) is 5.75. The van der Waals surface area contributed by atoms with Crippen LogP contribution in [0.1, 0.15) is 6.92 Å². The van der Waals surface area contributed by atoms with Crippen molar-refractivity contribution in [3.63, 3.8) is 0 Å². The molecule has 2 aromatic rings. The fourth-order valence-electron chi connectivity index (χ4n) is 1.39. The highest BCUT2D eigenvalue weighted by molar-refractivity contribution is 8.00. The van der Waals surface area contributed by atoms with Crippen LogP contribution in [-0.4, -0.2) is 38.6 Å². The Morgan fingerprint density at radius 2 is 2.11 bits per heavy atom. The first-order valence-corrected chi connectivity index (χ1v) is 6.44. The van der Waals surface area contributed by atoms with Gasteiger partial charge in [-0.25, -0.2) is 4.98 Å². The van der Waals surface area contributed by atoms with Gasteiger partial charge in [-0.15, -0.1) is 5.10 Å². The Hall–Kier alpha value is -2.02. The number of aliphatic carboxylic acids is 1. The number of aromatic amines is 1. The Morgan fingerprint density at radius 1 is 1.42 bits per heavy atom. The summed E-state index contributed by atoms with van der Waals surface area (Å²) in [6.07, 6.45) is 0. The molecule has 1 atom stereocenters. The third kappa shape index (κ3) is 3.25. The molecular formula is C12H13N3O3S. The fraction of sp³-hybridized carbons (Fsp3) is 0.250. The minimum absolute atomic E-state index is 0.417. The standard InChI is InChI=1S/C12H13N3O3S/c1-7(11(16)17)19-12-13-10(14-15-12)8-3-5-9(18-2)6-4-8/h3-7H,1-2H3,(H,16,17)(H,13,14,15)/t7-/m0/s1. The van der Waals surface area contributed by atoms with Crippen LogP contribution in [0, 0.1) is 0 Å². The molecule has 19 heavy (non-hydrogen) atoms. The minimum Gasteiger partial charge on any atom is -0.497 e. The van der Waals surface area contributed by atoms with Crippen molar-refractivity contribution < 1.29 is 14.6 Å². The van der Waals surface area contributed by atoms with Gasteiger partial charge >= 0.3 is 5.97 Å². The first kappa shape index (κ1) is 13.4. The smallest absolute Gasteiger partial charge is 0.316 e. The first-order chi connectivity index (χ1) is 9.10. The van der Waals surface area contributed by atoms with E-state index in [9.17, 15) is 4.79 Å². The lowest BCUT2D eigenvalue weighted by molar-refractivity contribution is -0.136. The number of ether oxygens (including phenoxy) is 1. The summed E-state index contributed by atoms with van der Waals surface area (Å²) in [5, 5.41) is 15.4. The number of rotatable bonds is 5. The molecule has 6 nitrogen and oxygen atoms in total. The Morgan fingerprint density at radius 3 is 2.68 bits per heavy atom. The Bertz CT molecular complexity index is 568. The molecule has 0 aliphatic carbocycles. The zero-order valence-corrected chi connectivity index (χ0v) is 11.3. The first-order valence-electron chi connectivity index (χ1n) is 5.56. The highest BCUT2D eigenvalue weighted by Crippen LogP contribution is 2.23. The number of benzene rings is 1. The van der Waals surface area contributed by atoms with Crippen LogP contribution in [0.3, 0.4) is 0 Å². The zero-order chi connectivity index (χ0) is 13.8. The van der Waals surface area contributed by atoms with Crippen molar-refractivity contribution >= 4 is 17.7 Å². The maximum absolute atomic E-state index is 10.8. The summed E-state index contributed by atoms with van der Waals surface area (Å²) < 4.78 is 5.07. The predicted octanol–water partition coefficient (Wildman–Crippen LogP) is 2.05. The molecule has 1 aromatic carbocycles. The lowest BCUT2D eigenvalue weighted by Crippen LogP contribution is -2.11. The van der Waals surface area contributed by atoms with Crippen LogP contribution in [0.4, 0.5) is 0 Å². The number of H-pyrrole nitrogens is 1. The maximum Gasteiger partial charge on any atom is 0.316 e. The van der Waals surface area contributed by atoms with Crippen LogP contribution in [0.2, 0.25) is 0 Å². The van der Waals surface area contributed by atoms with Gasteiger partial charge in [0, 0.05) is 5.56 Å². The second-order valence-electron chi connectivity index (χ2n) is 3.79. The van der Waals surface area contributed by atoms with Gasteiger partial charge in [0.25, 0.3) is 0 Å². The van der Waals surface area contributed by atoms with E-state index in [-0.39, 0.29) is 0 Å². The summed E-state index contributed by atoms with van der Waals surface area (Å²) in [5.41, 5.74) is 0.864. The van der Waals surface area contributed by atoms with E-state index in [1.165, 1.54) is 0 Å². The van der Waals surface area contributed by atoms with E-state index in [1.807, 2.05) is 24.3 Å². The van der Waals surface area contributed by atoms with Crippen molar-refractivity contribution in [2.75, 3.05) is 7.11 Å². The van der Waals surface area contributed by atoms with Gasteiger partial charge < -0.3 is 9.84 Å². The lowest BCUT2D eigenvalue weighted by atomic mass is 10.2. The molecule has 0 fully saturated rings. The van der Waals surface area contributed by atoms with Crippen LogP contribution < -0.4 is 4.74 Å². The largest absolute Gasteiger partial charge is 0.497 e. The SMILES string of the molecule is COc1ccc(-c2nc(S[C@@H](C)C(=O)O)n[nH]2)cc1. The molecule has 0 aliphatic heterocycles. The van der Waals surface area contributed by atoms with Crippen LogP contribution >= 0.6 is 11.8 Å². The molecule has 2 rings (SSSR count). The molecule has 2 N–H and O–H groups in total. The molecule has 0 bridgehead atoms. The van der Waals surface area contributed by atoms with E-state index in [4.69, 9.17) is 9.84 Å². The number of hydrogen-bond acceptors (Lipinski definition) is 5. The molecule has 7 heteroatoms. The molecule has 0 saturated heterocycles. The van der Waals surface area contributed by atoms with Crippen molar-refractivity contribution in [3.8, 4) is 17.1 Å². The van der Waals surface area contributed by atoms with Gasteiger partial charge in [0.2, 0.25) is 5.16 Å². The maximum atomic E-state index is 10.8. The van der Waals surface area contributed by atoms with Crippen LogP contribution in [0.25, 0.3) is 11.4 Å². The molecule has 0 radical (unpaired) electrons. The number of methoxy groups -OCH3 is 1. The summed E-state index contributed by atoms with van der Waals surface area (Å²) in [6, 6.07) is 7.36. The Labute approximate surface area is 114 Å². The van der Waals surface area contributed by atoms with E-state index < -0.39 is 11.2 Å². The van der Waals surface area contributed by atoms with Gasteiger partial charge in [0.1, 0.15) is 11.0 Å². The molecule has 1 aromatic heterocycles. The average Bonchev–Trinajstić information content (AvgIpc) is 2.87. The highest BCUT2D eigenvalue weighted by Gasteiger charge is 2.16. The quantitative estimate of drug-likeness (QED) is 0.814. The molecular weight excluding hydrogens is 266 g/mol. The van der Waals surface area contributed by atoms with Gasteiger partial charge in [-0.3, -0.25) is 9.89 Å². The van der Waals surface area contributed by atoms with Gasteiger partial charge in [0.05, 0.1) is 7.11 Å². The number of carboxylic acids is 1. The molecule has 100 valence electrons. The predicted molar refractivity (Wildman–Crippen MR) is 71.3 cm³/mol.